The maximum atomic E-state index is 12.0. The summed E-state index contributed by atoms with van der Waals surface area (Å²) in [5.41, 5.74) is 4.08. The Balaban J connectivity index is 1.81. The van der Waals surface area contributed by atoms with E-state index in [1.807, 2.05) is 30.3 Å². The van der Waals surface area contributed by atoms with Crippen molar-refractivity contribution in [3.05, 3.63) is 70.9 Å². The summed E-state index contributed by atoms with van der Waals surface area (Å²) in [4.78, 5) is 26.3. The summed E-state index contributed by atoms with van der Waals surface area (Å²) in [7, 11) is 1.34. The fourth-order valence-corrected chi connectivity index (χ4v) is 4.31. The van der Waals surface area contributed by atoms with Crippen LogP contribution in [-0.4, -0.2) is 45.2 Å². The molecule has 1 aromatic heterocycles. The van der Waals surface area contributed by atoms with E-state index in [-0.39, 0.29) is 6.54 Å². The van der Waals surface area contributed by atoms with E-state index in [2.05, 4.69) is 4.90 Å². The van der Waals surface area contributed by atoms with E-state index in [0.717, 1.165) is 40.7 Å². The van der Waals surface area contributed by atoms with Crippen LogP contribution in [0.4, 0.5) is 0 Å². The van der Waals surface area contributed by atoms with Crippen molar-refractivity contribution in [3.8, 4) is 0 Å². The normalized spacial score (nSPS) is 13.4. The predicted octanol–water partition coefficient (Wildman–Crippen LogP) is 3.25. The predicted molar refractivity (Wildman–Crippen MR) is 113 cm³/mol. The van der Waals surface area contributed by atoms with Gasteiger partial charge in [0.25, 0.3) is 0 Å². The Morgan fingerprint density at radius 3 is 2.62 bits per heavy atom. The average Bonchev–Trinajstić information content (AvgIpc) is 3.03. The summed E-state index contributed by atoms with van der Waals surface area (Å²) in [5.74, 6) is -1.36. The maximum absolute atomic E-state index is 12.0. The van der Waals surface area contributed by atoms with E-state index in [1.165, 1.54) is 7.11 Å². The number of aliphatic carboxylic acids is 1. The molecule has 148 valence electrons. The molecular weight excluding hydrogens is 388 g/mol. The zero-order valence-corrected chi connectivity index (χ0v) is 16.7. The van der Waals surface area contributed by atoms with Crippen molar-refractivity contribution in [1.29, 1.82) is 0 Å². The van der Waals surface area contributed by atoms with Crippen molar-refractivity contribution < 1.29 is 19.4 Å². The van der Waals surface area contributed by atoms with Gasteiger partial charge >= 0.3 is 11.9 Å². The third kappa shape index (κ3) is 3.49. The molecule has 0 radical (unpaired) electrons. The second-order valence-corrected chi connectivity index (χ2v) is 7.38. The topological polar surface area (TPSA) is 71.8 Å². The van der Waals surface area contributed by atoms with Crippen LogP contribution in [0.15, 0.2) is 48.5 Å². The minimum atomic E-state index is -0.940. The maximum Gasteiger partial charge on any atom is 0.337 e. The fourth-order valence-electron chi connectivity index (χ4n) is 3.92. The van der Waals surface area contributed by atoms with Crippen molar-refractivity contribution in [2.75, 3.05) is 13.7 Å². The number of nitrogens with zero attached hydrogens (tertiary/aromatic N) is 2. The number of aromatic nitrogens is 1. The van der Waals surface area contributed by atoms with E-state index < -0.39 is 11.9 Å². The van der Waals surface area contributed by atoms with Crippen LogP contribution in [0.2, 0.25) is 0 Å². The lowest BCUT2D eigenvalue weighted by molar-refractivity contribution is -0.137. The van der Waals surface area contributed by atoms with E-state index in [1.54, 1.807) is 22.8 Å². The summed E-state index contributed by atoms with van der Waals surface area (Å²) in [5, 5.41) is 10.3. The molecule has 0 amide bonds. The molecule has 2 heterocycles. The minimum Gasteiger partial charge on any atom is -0.480 e. The third-order valence-corrected chi connectivity index (χ3v) is 5.67. The summed E-state index contributed by atoms with van der Waals surface area (Å²) in [6.07, 6.45) is 0.718. The summed E-state index contributed by atoms with van der Waals surface area (Å²) in [6.45, 7) is 1.21. The van der Waals surface area contributed by atoms with Gasteiger partial charge in [-0.3, -0.25) is 4.79 Å². The van der Waals surface area contributed by atoms with Crippen molar-refractivity contribution >= 4 is 40.0 Å². The number of carboxylic acids is 1. The first kappa shape index (κ1) is 19.1. The summed E-state index contributed by atoms with van der Waals surface area (Å²) >= 11 is 5.79. The van der Waals surface area contributed by atoms with E-state index in [9.17, 15) is 14.7 Å². The number of rotatable bonds is 5. The number of benzene rings is 2. The molecule has 0 spiro atoms. The van der Waals surface area contributed by atoms with Gasteiger partial charge in [-0.05, 0) is 35.7 Å². The fraction of sp³-hybridized carbons (Fsp3) is 0.227. The molecule has 0 saturated heterocycles. The van der Waals surface area contributed by atoms with Gasteiger partial charge in [-0.2, -0.15) is 0 Å². The van der Waals surface area contributed by atoms with Gasteiger partial charge in [0.05, 0.1) is 18.4 Å². The summed E-state index contributed by atoms with van der Waals surface area (Å²) in [6, 6.07) is 15.2. The van der Waals surface area contributed by atoms with Gasteiger partial charge in [-0.15, -0.1) is 0 Å². The number of hydrogen-bond donors (Lipinski definition) is 1. The van der Waals surface area contributed by atoms with Gasteiger partial charge in [-0.25, -0.2) is 4.79 Å². The van der Waals surface area contributed by atoms with E-state index >= 15 is 0 Å². The highest BCUT2D eigenvalue weighted by Crippen LogP contribution is 2.33. The van der Waals surface area contributed by atoms with Crippen LogP contribution in [0, 0.1) is 0 Å². The Labute approximate surface area is 173 Å². The van der Waals surface area contributed by atoms with Crippen LogP contribution in [0.1, 0.15) is 27.2 Å². The number of carbonyl (C=O) groups is 2. The lowest BCUT2D eigenvalue weighted by atomic mass is 10.0. The Bertz CT molecular complexity index is 1120. The Morgan fingerprint density at radius 1 is 1.17 bits per heavy atom. The first-order chi connectivity index (χ1) is 14.0. The van der Waals surface area contributed by atoms with Crippen LogP contribution >= 0.6 is 12.2 Å². The van der Waals surface area contributed by atoms with E-state index in [0.29, 0.717) is 17.1 Å². The molecule has 0 fully saturated rings. The first-order valence-electron chi connectivity index (χ1n) is 9.28. The number of thiocarbonyl (C=S) groups is 1. The lowest BCUT2D eigenvalue weighted by Crippen LogP contribution is -2.37. The number of esters is 1. The quantitative estimate of drug-likeness (QED) is 0.516. The lowest BCUT2D eigenvalue weighted by Gasteiger charge is -2.31. The third-order valence-electron chi connectivity index (χ3n) is 5.22. The number of fused-ring (bicyclic) bond motifs is 3. The van der Waals surface area contributed by atoms with E-state index in [4.69, 9.17) is 17.0 Å². The molecule has 1 aliphatic heterocycles. The monoisotopic (exact) mass is 408 g/mol. The Kier molecular flexibility index (Phi) is 5.07. The molecule has 1 aliphatic rings. The van der Waals surface area contributed by atoms with Crippen molar-refractivity contribution in [2.45, 2.75) is 19.5 Å². The number of carboxylic acid groups (broad SMARTS) is 1. The zero-order valence-electron chi connectivity index (χ0n) is 15.9. The molecule has 7 heteroatoms. The summed E-state index contributed by atoms with van der Waals surface area (Å²) < 4.78 is 6.57. The number of hydrogen-bond acceptors (Lipinski definition) is 4. The number of ether oxygens (including phenoxy) is 1. The molecule has 29 heavy (non-hydrogen) atoms. The van der Waals surface area contributed by atoms with Gasteiger partial charge in [-0.1, -0.05) is 42.5 Å². The highest BCUT2D eigenvalue weighted by atomic mass is 32.1. The Morgan fingerprint density at radius 2 is 1.93 bits per heavy atom. The first-order valence-corrected chi connectivity index (χ1v) is 9.69. The van der Waals surface area contributed by atoms with Crippen molar-refractivity contribution in [1.82, 2.24) is 9.47 Å². The highest BCUT2D eigenvalue weighted by molar-refractivity contribution is 7.80. The molecule has 6 nitrogen and oxygen atoms in total. The SMILES string of the molecule is COC(=O)c1ccc2c(c1)c1c(n2CC(=O)O)C(=S)N(Cc2ccccc2)CC1. The molecule has 0 saturated carbocycles. The zero-order chi connectivity index (χ0) is 20.5. The van der Waals surface area contributed by atoms with Gasteiger partial charge in [0, 0.05) is 24.0 Å². The molecule has 3 aromatic rings. The minimum absolute atomic E-state index is 0.192. The van der Waals surface area contributed by atoms with Gasteiger partial charge in [0.15, 0.2) is 0 Å². The molecule has 2 aromatic carbocycles. The number of carbonyl (C=O) groups excluding carboxylic acids is 1. The molecular formula is C22H20N2O4S. The number of methoxy groups -OCH3 is 1. The van der Waals surface area contributed by atoms with Crippen LogP contribution in [0.5, 0.6) is 0 Å². The Hall–Kier alpha value is -3.19. The van der Waals surface area contributed by atoms with Gasteiger partial charge in [0.1, 0.15) is 11.5 Å². The van der Waals surface area contributed by atoms with Crippen molar-refractivity contribution in [3.63, 3.8) is 0 Å². The largest absolute Gasteiger partial charge is 0.480 e. The van der Waals surface area contributed by atoms with Gasteiger partial charge in [0.2, 0.25) is 0 Å². The smallest absolute Gasteiger partial charge is 0.337 e. The second kappa shape index (κ2) is 7.67. The van der Waals surface area contributed by atoms with Crippen molar-refractivity contribution in [2.24, 2.45) is 0 Å². The van der Waals surface area contributed by atoms with Gasteiger partial charge < -0.3 is 19.3 Å². The molecule has 0 atom stereocenters. The molecule has 0 bridgehead atoms. The second-order valence-electron chi connectivity index (χ2n) is 6.99. The average molecular weight is 408 g/mol. The molecule has 1 N–H and O–H groups in total. The van der Waals surface area contributed by atoms with Crippen LogP contribution < -0.4 is 0 Å². The standard InChI is InChI=1S/C22H20N2O4S/c1-28-22(27)15-7-8-18-17(11-15)16-9-10-23(12-14-5-3-2-4-6-14)21(29)20(16)24(18)13-19(25)26/h2-8,11H,9-10,12-13H2,1H3,(H,25,26). The molecule has 0 unspecified atom stereocenters. The van der Waals surface area contributed by atoms with Crippen LogP contribution in [0.25, 0.3) is 10.9 Å². The van der Waals surface area contributed by atoms with Crippen LogP contribution in [-0.2, 0) is 29.0 Å². The van der Waals surface area contributed by atoms with Crippen LogP contribution in [0.3, 0.4) is 0 Å². The molecule has 0 aliphatic carbocycles. The molecule has 4 rings (SSSR count). The highest BCUT2D eigenvalue weighted by Gasteiger charge is 2.29.